The van der Waals surface area contributed by atoms with Crippen molar-refractivity contribution in [1.29, 1.82) is 5.26 Å². The van der Waals surface area contributed by atoms with Crippen LogP contribution in [0.25, 0.3) is 0 Å². The standard InChI is InChI=1S/C19H18FN3O/c1-13(2)14-6-8-17(9-7-14)23-19(24)15(11-21)12-22-18-5-3-4-16(20)10-18/h3-10,12-13,22H,1-2H3,(H,23,24)/b15-12-. The maximum absolute atomic E-state index is 13.1. The zero-order valence-corrected chi connectivity index (χ0v) is 13.5. The molecule has 0 aliphatic carbocycles. The van der Waals surface area contributed by atoms with Gasteiger partial charge >= 0.3 is 0 Å². The Bertz CT molecular complexity index is 789. The highest BCUT2D eigenvalue weighted by Gasteiger charge is 2.09. The molecular formula is C19H18FN3O. The van der Waals surface area contributed by atoms with Crippen molar-refractivity contribution in [3.8, 4) is 6.07 Å². The first kappa shape index (κ1) is 17.2. The van der Waals surface area contributed by atoms with E-state index in [-0.39, 0.29) is 5.57 Å². The van der Waals surface area contributed by atoms with Gasteiger partial charge in [-0.15, -0.1) is 0 Å². The average molecular weight is 323 g/mol. The molecule has 122 valence electrons. The van der Waals surface area contributed by atoms with Crippen LogP contribution in [0.3, 0.4) is 0 Å². The van der Waals surface area contributed by atoms with Gasteiger partial charge in [-0.05, 0) is 41.8 Å². The second-order valence-corrected chi connectivity index (χ2v) is 5.56. The first-order valence-corrected chi connectivity index (χ1v) is 7.53. The minimum Gasteiger partial charge on any atom is -0.360 e. The maximum Gasteiger partial charge on any atom is 0.267 e. The molecule has 0 saturated heterocycles. The normalized spacial score (nSPS) is 11.0. The van der Waals surface area contributed by atoms with E-state index in [0.717, 1.165) is 5.56 Å². The molecule has 2 aromatic rings. The monoisotopic (exact) mass is 323 g/mol. The molecule has 2 rings (SSSR count). The Labute approximate surface area is 140 Å². The van der Waals surface area contributed by atoms with E-state index in [4.69, 9.17) is 5.26 Å². The van der Waals surface area contributed by atoms with Gasteiger partial charge < -0.3 is 10.6 Å². The number of nitrogens with one attached hydrogen (secondary N) is 2. The summed E-state index contributed by atoms with van der Waals surface area (Å²) in [5, 5.41) is 14.5. The summed E-state index contributed by atoms with van der Waals surface area (Å²) in [5.74, 6) is -0.528. The Morgan fingerprint density at radius 3 is 2.46 bits per heavy atom. The number of nitriles is 1. The van der Waals surface area contributed by atoms with Crippen LogP contribution in [-0.2, 0) is 4.79 Å². The highest BCUT2D eigenvalue weighted by Crippen LogP contribution is 2.17. The van der Waals surface area contributed by atoms with Crippen LogP contribution in [0.1, 0.15) is 25.3 Å². The molecule has 1 amide bonds. The van der Waals surface area contributed by atoms with Gasteiger partial charge in [-0.2, -0.15) is 5.26 Å². The Morgan fingerprint density at radius 2 is 1.88 bits per heavy atom. The first-order chi connectivity index (χ1) is 11.5. The SMILES string of the molecule is CC(C)c1ccc(NC(=O)/C(C#N)=C\Nc2cccc(F)c2)cc1. The highest BCUT2D eigenvalue weighted by molar-refractivity contribution is 6.06. The van der Waals surface area contributed by atoms with E-state index in [0.29, 0.717) is 17.3 Å². The van der Waals surface area contributed by atoms with Crippen molar-refractivity contribution >= 4 is 17.3 Å². The molecule has 2 N–H and O–H groups in total. The summed E-state index contributed by atoms with van der Waals surface area (Å²) in [5.41, 5.74) is 2.12. The molecule has 0 spiro atoms. The smallest absolute Gasteiger partial charge is 0.267 e. The van der Waals surface area contributed by atoms with Crippen molar-refractivity contribution in [3.63, 3.8) is 0 Å². The topological polar surface area (TPSA) is 64.9 Å². The van der Waals surface area contributed by atoms with Gasteiger partial charge in [0, 0.05) is 17.6 Å². The van der Waals surface area contributed by atoms with Crippen LogP contribution < -0.4 is 10.6 Å². The third-order valence-corrected chi connectivity index (χ3v) is 3.41. The van der Waals surface area contributed by atoms with Crippen LogP contribution in [0.15, 0.2) is 60.3 Å². The third kappa shape index (κ3) is 4.68. The molecule has 0 fully saturated rings. The second kappa shape index (κ2) is 7.93. The number of hydrogen-bond acceptors (Lipinski definition) is 3. The van der Waals surface area contributed by atoms with Crippen molar-refractivity contribution in [1.82, 2.24) is 0 Å². The molecule has 5 heteroatoms. The molecule has 0 aromatic heterocycles. The summed E-state index contributed by atoms with van der Waals surface area (Å²) in [7, 11) is 0. The fourth-order valence-corrected chi connectivity index (χ4v) is 2.03. The molecule has 0 atom stereocenters. The number of rotatable bonds is 5. The van der Waals surface area contributed by atoms with Crippen LogP contribution in [0.5, 0.6) is 0 Å². The van der Waals surface area contributed by atoms with Crippen molar-refractivity contribution in [3.05, 3.63) is 71.7 Å². The van der Waals surface area contributed by atoms with Crippen molar-refractivity contribution < 1.29 is 9.18 Å². The Balaban J connectivity index is 2.05. The second-order valence-electron chi connectivity index (χ2n) is 5.56. The molecule has 0 heterocycles. The minimum absolute atomic E-state index is 0.104. The van der Waals surface area contributed by atoms with E-state index in [1.807, 2.05) is 18.2 Å². The lowest BCUT2D eigenvalue weighted by Gasteiger charge is -2.08. The predicted molar refractivity (Wildman–Crippen MR) is 92.9 cm³/mol. The third-order valence-electron chi connectivity index (χ3n) is 3.41. The summed E-state index contributed by atoms with van der Waals surface area (Å²) in [6.45, 7) is 4.17. The fraction of sp³-hybridized carbons (Fsp3) is 0.158. The van der Waals surface area contributed by atoms with Crippen molar-refractivity contribution in [2.24, 2.45) is 0 Å². The molecule has 0 aliphatic heterocycles. The Morgan fingerprint density at radius 1 is 1.17 bits per heavy atom. The fourth-order valence-electron chi connectivity index (χ4n) is 2.03. The molecular weight excluding hydrogens is 305 g/mol. The molecule has 0 saturated carbocycles. The van der Waals surface area contributed by atoms with Gasteiger partial charge in [0.25, 0.3) is 5.91 Å². The lowest BCUT2D eigenvalue weighted by Crippen LogP contribution is -2.14. The summed E-state index contributed by atoms with van der Waals surface area (Å²) >= 11 is 0. The molecule has 4 nitrogen and oxygen atoms in total. The van der Waals surface area contributed by atoms with Gasteiger partial charge in [0.1, 0.15) is 17.5 Å². The van der Waals surface area contributed by atoms with Crippen LogP contribution >= 0.6 is 0 Å². The van der Waals surface area contributed by atoms with E-state index in [1.54, 1.807) is 18.2 Å². The van der Waals surface area contributed by atoms with E-state index in [2.05, 4.69) is 24.5 Å². The molecule has 2 aromatic carbocycles. The maximum atomic E-state index is 13.1. The zero-order valence-electron chi connectivity index (χ0n) is 13.5. The first-order valence-electron chi connectivity index (χ1n) is 7.53. The quantitative estimate of drug-likeness (QED) is 0.633. The molecule has 0 radical (unpaired) electrons. The lowest BCUT2D eigenvalue weighted by molar-refractivity contribution is -0.112. The van der Waals surface area contributed by atoms with E-state index in [9.17, 15) is 9.18 Å². The molecule has 24 heavy (non-hydrogen) atoms. The Kier molecular flexibility index (Phi) is 5.69. The summed E-state index contributed by atoms with van der Waals surface area (Å²) in [4.78, 5) is 12.1. The van der Waals surface area contributed by atoms with Gasteiger partial charge in [0.2, 0.25) is 0 Å². The van der Waals surface area contributed by atoms with Crippen molar-refractivity contribution in [2.75, 3.05) is 10.6 Å². The summed E-state index contributed by atoms with van der Waals surface area (Å²) < 4.78 is 13.1. The van der Waals surface area contributed by atoms with Crippen LogP contribution in [0.2, 0.25) is 0 Å². The van der Waals surface area contributed by atoms with Crippen LogP contribution in [0.4, 0.5) is 15.8 Å². The molecule has 0 bridgehead atoms. The average Bonchev–Trinajstić information content (AvgIpc) is 2.56. The number of nitrogens with zero attached hydrogens (tertiary/aromatic N) is 1. The Hall–Kier alpha value is -3.13. The molecule has 0 unspecified atom stereocenters. The number of carbonyl (C=O) groups is 1. The number of amides is 1. The van der Waals surface area contributed by atoms with Gasteiger partial charge in [0.05, 0.1) is 0 Å². The largest absolute Gasteiger partial charge is 0.360 e. The van der Waals surface area contributed by atoms with Crippen LogP contribution in [-0.4, -0.2) is 5.91 Å². The van der Waals surface area contributed by atoms with Crippen LogP contribution in [0, 0.1) is 17.1 Å². The predicted octanol–water partition coefficient (Wildman–Crippen LogP) is 4.41. The van der Waals surface area contributed by atoms with Gasteiger partial charge in [-0.3, -0.25) is 4.79 Å². The van der Waals surface area contributed by atoms with Crippen molar-refractivity contribution in [2.45, 2.75) is 19.8 Å². The van der Waals surface area contributed by atoms with Gasteiger partial charge in [-0.1, -0.05) is 32.0 Å². The van der Waals surface area contributed by atoms with Gasteiger partial charge in [-0.25, -0.2) is 4.39 Å². The summed E-state index contributed by atoms with van der Waals surface area (Å²) in [6, 6.07) is 15.0. The van der Waals surface area contributed by atoms with E-state index in [1.165, 1.54) is 24.4 Å². The number of halogens is 1. The number of anilines is 2. The number of benzene rings is 2. The van der Waals surface area contributed by atoms with Gasteiger partial charge in [0.15, 0.2) is 0 Å². The zero-order chi connectivity index (χ0) is 17.5. The van der Waals surface area contributed by atoms with E-state index >= 15 is 0 Å². The minimum atomic E-state index is -0.529. The lowest BCUT2D eigenvalue weighted by atomic mass is 10.0. The number of hydrogen-bond donors (Lipinski definition) is 2. The highest BCUT2D eigenvalue weighted by atomic mass is 19.1. The molecule has 0 aliphatic rings. The summed E-state index contributed by atoms with van der Waals surface area (Å²) in [6.07, 6.45) is 1.26. The van der Waals surface area contributed by atoms with E-state index < -0.39 is 11.7 Å². The number of carbonyl (C=O) groups excluding carboxylic acids is 1.